The van der Waals surface area contributed by atoms with Crippen LogP contribution in [0.1, 0.15) is 35.4 Å². The number of furan rings is 1. The lowest BCUT2D eigenvalue weighted by molar-refractivity contribution is 0.499. The van der Waals surface area contributed by atoms with E-state index in [0.29, 0.717) is 12.6 Å². The predicted molar refractivity (Wildman–Crippen MR) is 77.3 cm³/mol. The summed E-state index contributed by atoms with van der Waals surface area (Å²) < 4.78 is 5.47. The summed E-state index contributed by atoms with van der Waals surface area (Å²) in [5, 5.41) is 8.68. The van der Waals surface area contributed by atoms with Crippen LogP contribution in [0.4, 0.5) is 5.82 Å². The summed E-state index contributed by atoms with van der Waals surface area (Å²) in [6, 6.07) is 4.43. The summed E-state index contributed by atoms with van der Waals surface area (Å²) in [5.74, 6) is 1.86. The fraction of sp³-hybridized carbons (Fsp3) is 0.467. The largest absolute Gasteiger partial charge is 0.467 e. The average molecular weight is 272 g/mol. The number of nitrogens with zero attached hydrogens (tertiary/aromatic N) is 3. The lowest BCUT2D eigenvalue weighted by atomic mass is 10.1. The standard InChI is InChI=1S/C15H20N4O/c1-10-11(2)17-18-15(14(10)8-16)19(12-5-6-12)9-13-4-3-7-20-13/h3-4,7,12H,5-6,8-9,16H2,1-2H3. The van der Waals surface area contributed by atoms with Crippen LogP contribution >= 0.6 is 0 Å². The van der Waals surface area contributed by atoms with Gasteiger partial charge in [0.15, 0.2) is 5.82 Å². The smallest absolute Gasteiger partial charge is 0.156 e. The minimum Gasteiger partial charge on any atom is -0.467 e. The zero-order valence-electron chi connectivity index (χ0n) is 12.0. The van der Waals surface area contributed by atoms with Crippen LogP contribution in [0.25, 0.3) is 0 Å². The van der Waals surface area contributed by atoms with E-state index >= 15 is 0 Å². The van der Waals surface area contributed by atoms with Crippen LogP contribution in [0.5, 0.6) is 0 Å². The highest BCUT2D eigenvalue weighted by Crippen LogP contribution is 2.34. The van der Waals surface area contributed by atoms with Crippen molar-refractivity contribution in [3.63, 3.8) is 0 Å². The second kappa shape index (κ2) is 5.25. The fourth-order valence-electron chi connectivity index (χ4n) is 2.45. The Hall–Kier alpha value is -1.88. The first-order chi connectivity index (χ1) is 9.70. The Bertz CT molecular complexity index is 590. The third kappa shape index (κ3) is 2.41. The Kier molecular flexibility index (Phi) is 3.44. The van der Waals surface area contributed by atoms with Crippen molar-refractivity contribution in [1.82, 2.24) is 10.2 Å². The quantitative estimate of drug-likeness (QED) is 0.904. The highest BCUT2D eigenvalue weighted by Gasteiger charge is 2.32. The van der Waals surface area contributed by atoms with Gasteiger partial charge in [0.05, 0.1) is 18.5 Å². The number of hydrogen-bond acceptors (Lipinski definition) is 5. The molecule has 3 rings (SSSR count). The van der Waals surface area contributed by atoms with Gasteiger partial charge in [0.25, 0.3) is 0 Å². The van der Waals surface area contributed by atoms with Gasteiger partial charge < -0.3 is 15.1 Å². The second-order valence-corrected chi connectivity index (χ2v) is 5.36. The number of anilines is 1. The predicted octanol–water partition coefficient (Wildman–Crippen LogP) is 2.31. The molecule has 1 aliphatic carbocycles. The van der Waals surface area contributed by atoms with Gasteiger partial charge in [0, 0.05) is 18.2 Å². The molecule has 1 fully saturated rings. The molecule has 0 atom stereocenters. The monoisotopic (exact) mass is 272 g/mol. The van der Waals surface area contributed by atoms with Gasteiger partial charge in [0.1, 0.15) is 5.76 Å². The van der Waals surface area contributed by atoms with E-state index in [2.05, 4.69) is 22.0 Å². The first-order valence-corrected chi connectivity index (χ1v) is 7.02. The van der Waals surface area contributed by atoms with Crippen LogP contribution in [-0.2, 0) is 13.1 Å². The van der Waals surface area contributed by atoms with Crippen LogP contribution in [0.3, 0.4) is 0 Å². The third-order valence-electron chi connectivity index (χ3n) is 3.93. The molecule has 1 aliphatic rings. The van der Waals surface area contributed by atoms with Gasteiger partial charge in [-0.15, -0.1) is 5.10 Å². The molecule has 2 aromatic heterocycles. The Morgan fingerprint density at radius 2 is 2.15 bits per heavy atom. The summed E-state index contributed by atoms with van der Waals surface area (Å²) in [5.41, 5.74) is 9.12. The molecule has 5 heteroatoms. The average Bonchev–Trinajstić information content (AvgIpc) is 3.16. The van der Waals surface area contributed by atoms with Crippen LogP contribution in [0, 0.1) is 13.8 Å². The molecule has 0 spiro atoms. The SMILES string of the molecule is Cc1nnc(N(Cc2ccco2)C2CC2)c(CN)c1C. The maximum Gasteiger partial charge on any atom is 0.156 e. The number of hydrogen-bond donors (Lipinski definition) is 1. The maximum atomic E-state index is 5.93. The lowest BCUT2D eigenvalue weighted by Gasteiger charge is -2.25. The van der Waals surface area contributed by atoms with E-state index < -0.39 is 0 Å². The van der Waals surface area contributed by atoms with E-state index in [-0.39, 0.29) is 0 Å². The Morgan fingerprint density at radius 3 is 2.75 bits per heavy atom. The minimum atomic E-state index is 0.485. The van der Waals surface area contributed by atoms with E-state index in [1.165, 1.54) is 12.8 Å². The van der Waals surface area contributed by atoms with E-state index in [9.17, 15) is 0 Å². The molecule has 20 heavy (non-hydrogen) atoms. The van der Waals surface area contributed by atoms with Gasteiger partial charge in [-0.25, -0.2) is 0 Å². The van der Waals surface area contributed by atoms with Crippen LogP contribution in [0.2, 0.25) is 0 Å². The Labute approximate surface area is 118 Å². The number of aromatic nitrogens is 2. The molecule has 106 valence electrons. The lowest BCUT2D eigenvalue weighted by Crippen LogP contribution is -2.28. The van der Waals surface area contributed by atoms with E-state index in [0.717, 1.165) is 34.9 Å². The molecule has 2 aromatic rings. The Morgan fingerprint density at radius 1 is 1.35 bits per heavy atom. The van der Waals surface area contributed by atoms with Crippen molar-refractivity contribution in [2.45, 2.75) is 45.8 Å². The van der Waals surface area contributed by atoms with Gasteiger partial charge in [-0.3, -0.25) is 0 Å². The normalized spacial score (nSPS) is 14.6. The van der Waals surface area contributed by atoms with Crippen molar-refractivity contribution < 1.29 is 4.42 Å². The zero-order valence-corrected chi connectivity index (χ0v) is 12.0. The second-order valence-electron chi connectivity index (χ2n) is 5.36. The van der Waals surface area contributed by atoms with Crippen LogP contribution in [0.15, 0.2) is 22.8 Å². The molecule has 2 N–H and O–H groups in total. The zero-order chi connectivity index (χ0) is 14.1. The molecule has 0 amide bonds. The highest BCUT2D eigenvalue weighted by atomic mass is 16.3. The third-order valence-corrected chi connectivity index (χ3v) is 3.93. The first kappa shape index (κ1) is 13.1. The molecular formula is C15H20N4O. The van der Waals surface area contributed by atoms with Gasteiger partial charge in [-0.05, 0) is 44.4 Å². The number of aryl methyl sites for hydroxylation is 1. The minimum absolute atomic E-state index is 0.485. The first-order valence-electron chi connectivity index (χ1n) is 7.02. The van der Waals surface area contributed by atoms with Crippen LogP contribution < -0.4 is 10.6 Å². The van der Waals surface area contributed by atoms with Gasteiger partial charge in [-0.2, -0.15) is 5.10 Å². The molecule has 0 radical (unpaired) electrons. The van der Waals surface area contributed by atoms with Crippen molar-refractivity contribution in [2.75, 3.05) is 4.90 Å². The van der Waals surface area contributed by atoms with E-state index in [1.807, 2.05) is 19.1 Å². The molecule has 2 heterocycles. The summed E-state index contributed by atoms with van der Waals surface area (Å²) >= 11 is 0. The molecule has 0 aliphatic heterocycles. The van der Waals surface area contributed by atoms with E-state index in [1.54, 1.807) is 6.26 Å². The highest BCUT2D eigenvalue weighted by molar-refractivity contribution is 5.52. The number of rotatable bonds is 5. The van der Waals surface area contributed by atoms with Crippen LogP contribution in [-0.4, -0.2) is 16.2 Å². The molecule has 0 saturated heterocycles. The number of nitrogens with two attached hydrogens (primary N) is 1. The van der Waals surface area contributed by atoms with Crippen molar-refractivity contribution in [3.05, 3.63) is 41.0 Å². The summed E-state index contributed by atoms with van der Waals surface area (Å²) in [4.78, 5) is 2.28. The van der Waals surface area contributed by atoms with Crippen molar-refractivity contribution >= 4 is 5.82 Å². The summed E-state index contributed by atoms with van der Waals surface area (Å²) in [6.45, 7) is 5.24. The summed E-state index contributed by atoms with van der Waals surface area (Å²) in [7, 11) is 0. The van der Waals surface area contributed by atoms with E-state index in [4.69, 9.17) is 10.2 Å². The molecule has 0 aromatic carbocycles. The maximum absolute atomic E-state index is 5.93. The molecule has 0 unspecified atom stereocenters. The topological polar surface area (TPSA) is 68.2 Å². The van der Waals surface area contributed by atoms with Crippen molar-refractivity contribution in [3.8, 4) is 0 Å². The summed E-state index contributed by atoms with van der Waals surface area (Å²) in [6.07, 6.45) is 4.09. The molecule has 5 nitrogen and oxygen atoms in total. The fourth-order valence-corrected chi connectivity index (χ4v) is 2.45. The van der Waals surface area contributed by atoms with Gasteiger partial charge in [-0.1, -0.05) is 0 Å². The van der Waals surface area contributed by atoms with Crippen molar-refractivity contribution in [1.29, 1.82) is 0 Å². The van der Waals surface area contributed by atoms with Gasteiger partial charge >= 0.3 is 0 Å². The molecule has 0 bridgehead atoms. The molecule has 1 saturated carbocycles. The van der Waals surface area contributed by atoms with Crippen molar-refractivity contribution in [2.24, 2.45) is 5.73 Å². The Balaban J connectivity index is 1.97. The molecular weight excluding hydrogens is 252 g/mol. The van der Waals surface area contributed by atoms with Gasteiger partial charge in [0.2, 0.25) is 0 Å².